The molecule has 2 aromatic carbocycles. The van der Waals surface area contributed by atoms with Crippen LogP contribution < -0.4 is 16.2 Å². The van der Waals surface area contributed by atoms with Crippen LogP contribution in [0.1, 0.15) is 10.4 Å². The maximum atomic E-state index is 11.5. The molecule has 0 radical (unpaired) electrons. The average Bonchev–Trinajstić information content (AvgIpc) is 2.89. The largest absolute Gasteiger partial charge is 0.496 e. The summed E-state index contributed by atoms with van der Waals surface area (Å²) in [6.45, 7) is 0. The SMILES string of the molecule is COc1ccc(-c2nc3cc(N)cc(C(N)=O)c3o2)cc1Br. The molecule has 0 bridgehead atoms. The van der Waals surface area contributed by atoms with Crippen molar-refractivity contribution in [1.82, 2.24) is 4.98 Å². The van der Waals surface area contributed by atoms with E-state index >= 15 is 0 Å². The first-order valence-electron chi connectivity index (χ1n) is 6.33. The molecule has 1 amide bonds. The van der Waals surface area contributed by atoms with E-state index in [2.05, 4.69) is 20.9 Å². The fraction of sp³-hybridized carbons (Fsp3) is 0.0667. The van der Waals surface area contributed by atoms with Crippen LogP contribution in [-0.2, 0) is 0 Å². The third kappa shape index (κ3) is 2.39. The summed E-state index contributed by atoms with van der Waals surface area (Å²) >= 11 is 3.41. The van der Waals surface area contributed by atoms with Gasteiger partial charge in [-0.15, -0.1) is 0 Å². The lowest BCUT2D eigenvalue weighted by atomic mass is 10.1. The first kappa shape index (κ1) is 14.4. The molecule has 7 heteroatoms. The van der Waals surface area contributed by atoms with Crippen molar-refractivity contribution in [3.63, 3.8) is 0 Å². The minimum absolute atomic E-state index is 0.210. The Kier molecular flexibility index (Phi) is 3.50. The van der Waals surface area contributed by atoms with E-state index in [9.17, 15) is 4.79 Å². The summed E-state index contributed by atoms with van der Waals surface area (Å²) in [7, 11) is 1.58. The van der Waals surface area contributed by atoms with Crippen molar-refractivity contribution in [2.24, 2.45) is 5.73 Å². The monoisotopic (exact) mass is 361 g/mol. The first-order chi connectivity index (χ1) is 10.5. The molecule has 0 saturated heterocycles. The molecule has 3 rings (SSSR count). The van der Waals surface area contributed by atoms with Crippen LogP contribution in [0.3, 0.4) is 0 Å². The normalized spacial score (nSPS) is 10.8. The summed E-state index contributed by atoms with van der Waals surface area (Å²) in [6, 6.07) is 8.52. The molecule has 3 aromatic rings. The number of carbonyl (C=O) groups excluding carboxylic acids is 1. The number of nitrogen functional groups attached to an aromatic ring is 1. The molecule has 0 unspecified atom stereocenters. The molecule has 0 atom stereocenters. The van der Waals surface area contributed by atoms with E-state index in [1.165, 1.54) is 6.07 Å². The van der Waals surface area contributed by atoms with Gasteiger partial charge in [-0.25, -0.2) is 4.98 Å². The summed E-state index contributed by atoms with van der Waals surface area (Å²) < 4.78 is 11.7. The molecule has 112 valence electrons. The number of hydrogen-bond donors (Lipinski definition) is 2. The van der Waals surface area contributed by atoms with Gasteiger partial charge in [0.1, 0.15) is 11.3 Å². The number of amides is 1. The molecule has 1 aromatic heterocycles. The molecule has 0 aliphatic heterocycles. The van der Waals surface area contributed by atoms with Crippen molar-refractivity contribution in [3.05, 3.63) is 40.4 Å². The molecule has 0 aliphatic carbocycles. The zero-order chi connectivity index (χ0) is 15.9. The zero-order valence-electron chi connectivity index (χ0n) is 11.6. The average molecular weight is 362 g/mol. The van der Waals surface area contributed by atoms with Crippen LogP contribution in [0.15, 0.2) is 39.2 Å². The van der Waals surface area contributed by atoms with Crippen molar-refractivity contribution in [2.75, 3.05) is 12.8 Å². The van der Waals surface area contributed by atoms with Gasteiger partial charge < -0.3 is 20.6 Å². The number of nitrogens with two attached hydrogens (primary N) is 2. The lowest BCUT2D eigenvalue weighted by Crippen LogP contribution is -2.11. The van der Waals surface area contributed by atoms with E-state index in [1.54, 1.807) is 19.2 Å². The molecular weight excluding hydrogens is 350 g/mol. The Morgan fingerprint density at radius 2 is 2.09 bits per heavy atom. The number of aromatic nitrogens is 1. The minimum atomic E-state index is -0.615. The molecule has 22 heavy (non-hydrogen) atoms. The molecule has 0 saturated carbocycles. The fourth-order valence-corrected chi connectivity index (χ4v) is 2.70. The minimum Gasteiger partial charge on any atom is -0.496 e. The van der Waals surface area contributed by atoms with Gasteiger partial charge in [0.25, 0.3) is 5.91 Å². The molecule has 0 spiro atoms. The van der Waals surface area contributed by atoms with Crippen molar-refractivity contribution >= 4 is 38.6 Å². The summed E-state index contributed by atoms with van der Waals surface area (Å²) in [4.78, 5) is 15.9. The highest BCUT2D eigenvalue weighted by atomic mass is 79.9. The van der Waals surface area contributed by atoms with Crippen molar-refractivity contribution < 1.29 is 13.9 Å². The Morgan fingerprint density at radius 1 is 1.32 bits per heavy atom. The number of benzene rings is 2. The lowest BCUT2D eigenvalue weighted by Gasteiger charge is -2.03. The van der Waals surface area contributed by atoms with E-state index in [-0.39, 0.29) is 5.56 Å². The number of primary amides is 1. The van der Waals surface area contributed by atoms with Crippen LogP contribution in [0.2, 0.25) is 0 Å². The smallest absolute Gasteiger partial charge is 0.252 e. The summed E-state index contributed by atoms with van der Waals surface area (Å²) in [6.07, 6.45) is 0. The van der Waals surface area contributed by atoms with Crippen molar-refractivity contribution in [1.29, 1.82) is 0 Å². The van der Waals surface area contributed by atoms with Gasteiger partial charge in [0.2, 0.25) is 5.89 Å². The Morgan fingerprint density at radius 3 is 2.73 bits per heavy atom. The van der Waals surface area contributed by atoms with E-state index in [0.717, 1.165) is 10.0 Å². The third-order valence-electron chi connectivity index (χ3n) is 3.18. The van der Waals surface area contributed by atoms with Gasteiger partial charge in [-0.1, -0.05) is 0 Å². The van der Waals surface area contributed by atoms with Crippen LogP contribution >= 0.6 is 15.9 Å². The number of anilines is 1. The zero-order valence-corrected chi connectivity index (χ0v) is 13.2. The molecule has 6 nitrogen and oxygen atoms in total. The number of rotatable bonds is 3. The topological polar surface area (TPSA) is 104 Å². The van der Waals surface area contributed by atoms with Crippen LogP contribution in [-0.4, -0.2) is 18.0 Å². The Labute approximate surface area is 134 Å². The Hall–Kier alpha value is -2.54. The number of hydrogen-bond acceptors (Lipinski definition) is 5. The van der Waals surface area contributed by atoms with Crippen molar-refractivity contribution in [3.8, 4) is 17.2 Å². The van der Waals surface area contributed by atoms with E-state index in [0.29, 0.717) is 28.4 Å². The Bertz CT molecular complexity index is 889. The standard InChI is InChI=1S/C15H12BrN3O3/c1-21-12-3-2-7(4-10(12)16)15-19-11-6-8(17)5-9(14(18)20)13(11)22-15/h2-6H,17H2,1H3,(H2,18,20). The quantitative estimate of drug-likeness (QED) is 0.697. The number of oxazole rings is 1. The van der Waals surface area contributed by atoms with Crippen LogP contribution in [0.4, 0.5) is 5.69 Å². The molecule has 0 fully saturated rings. The summed E-state index contributed by atoms with van der Waals surface area (Å²) in [5.74, 6) is 0.448. The van der Waals surface area contributed by atoms with Crippen molar-refractivity contribution in [2.45, 2.75) is 0 Å². The number of fused-ring (bicyclic) bond motifs is 1. The van der Waals surface area contributed by atoms with Gasteiger partial charge in [-0.2, -0.15) is 0 Å². The second-order valence-electron chi connectivity index (χ2n) is 4.65. The predicted molar refractivity (Wildman–Crippen MR) is 86.6 cm³/mol. The molecule has 4 N–H and O–H groups in total. The number of halogens is 1. The highest BCUT2D eigenvalue weighted by molar-refractivity contribution is 9.10. The van der Waals surface area contributed by atoms with Gasteiger partial charge in [-0.05, 0) is 46.3 Å². The lowest BCUT2D eigenvalue weighted by molar-refractivity contribution is 0.100. The van der Waals surface area contributed by atoms with E-state index < -0.39 is 5.91 Å². The first-order valence-corrected chi connectivity index (χ1v) is 7.12. The van der Waals surface area contributed by atoms with Gasteiger partial charge in [0, 0.05) is 11.3 Å². The van der Waals surface area contributed by atoms with Crippen LogP contribution in [0.25, 0.3) is 22.6 Å². The summed E-state index contributed by atoms with van der Waals surface area (Å²) in [5.41, 5.74) is 13.3. The van der Waals surface area contributed by atoms with Crippen LogP contribution in [0, 0.1) is 0 Å². The predicted octanol–water partition coefficient (Wildman–Crippen LogP) is 2.95. The highest BCUT2D eigenvalue weighted by Gasteiger charge is 2.16. The third-order valence-corrected chi connectivity index (χ3v) is 3.80. The van der Waals surface area contributed by atoms with Gasteiger partial charge in [0.15, 0.2) is 5.58 Å². The molecular formula is C15H12BrN3O3. The number of carbonyl (C=O) groups is 1. The molecule has 1 heterocycles. The molecule has 0 aliphatic rings. The van der Waals surface area contributed by atoms with Gasteiger partial charge >= 0.3 is 0 Å². The highest BCUT2D eigenvalue weighted by Crippen LogP contribution is 2.33. The van der Waals surface area contributed by atoms with Gasteiger partial charge in [0.05, 0.1) is 17.1 Å². The van der Waals surface area contributed by atoms with Gasteiger partial charge in [-0.3, -0.25) is 4.79 Å². The second kappa shape index (κ2) is 5.34. The maximum absolute atomic E-state index is 11.5. The van der Waals surface area contributed by atoms with E-state index in [4.69, 9.17) is 20.6 Å². The maximum Gasteiger partial charge on any atom is 0.252 e. The fourth-order valence-electron chi connectivity index (χ4n) is 2.16. The second-order valence-corrected chi connectivity index (χ2v) is 5.50. The number of methoxy groups -OCH3 is 1. The Balaban J connectivity index is 2.18. The van der Waals surface area contributed by atoms with E-state index in [1.807, 2.05) is 12.1 Å². The number of ether oxygens (including phenoxy) is 1. The number of nitrogens with zero attached hydrogens (tertiary/aromatic N) is 1. The van der Waals surface area contributed by atoms with Crippen LogP contribution in [0.5, 0.6) is 5.75 Å². The summed E-state index contributed by atoms with van der Waals surface area (Å²) in [5, 5.41) is 0.